The van der Waals surface area contributed by atoms with E-state index in [1.54, 1.807) is 30.5 Å². The van der Waals surface area contributed by atoms with Crippen molar-refractivity contribution in [2.75, 3.05) is 32.6 Å². The molecule has 0 saturated carbocycles. The highest BCUT2D eigenvalue weighted by Gasteiger charge is 2.31. The summed E-state index contributed by atoms with van der Waals surface area (Å²) in [6, 6.07) is 11.9. The highest BCUT2D eigenvalue weighted by molar-refractivity contribution is 7.13. The van der Waals surface area contributed by atoms with Gasteiger partial charge < -0.3 is 24.4 Å². The van der Waals surface area contributed by atoms with Gasteiger partial charge in [-0.2, -0.15) is 0 Å². The Morgan fingerprint density at radius 2 is 1.94 bits per heavy atom. The van der Waals surface area contributed by atoms with Crippen molar-refractivity contribution in [3.05, 3.63) is 66.3 Å². The number of aryl methyl sites for hydroxylation is 1. The smallest absolute Gasteiger partial charge is 0.246 e. The van der Waals surface area contributed by atoms with Gasteiger partial charge in [0.25, 0.3) is 0 Å². The number of nitrogens with zero attached hydrogens (tertiary/aromatic N) is 3. The summed E-state index contributed by atoms with van der Waals surface area (Å²) >= 11 is 1.69. The largest absolute Gasteiger partial charge is 0.495 e. The number of carbonyl (C=O) groups is 1. The topological polar surface area (TPSA) is 85.8 Å². The van der Waals surface area contributed by atoms with Crippen LogP contribution in [0.4, 0.5) is 11.5 Å². The van der Waals surface area contributed by atoms with Crippen LogP contribution in [0.1, 0.15) is 5.56 Å². The van der Waals surface area contributed by atoms with Crippen molar-refractivity contribution < 1.29 is 19.0 Å². The number of amides is 1. The molecule has 0 unspecified atom stereocenters. The summed E-state index contributed by atoms with van der Waals surface area (Å²) in [6.07, 6.45) is 2.69. The maximum atomic E-state index is 11.8. The minimum Gasteiger partial charge on any atom is -0.495 e. The second-order valence-corrected chi connectivity index (χ2v) is 9.35. The minimum absolute atomic E-state index is 0.103. The lowest BCUT2D eigenvalue weighted by Crippen LogP contribution is -2.55. The Balaban J connectivity index is 1.49. The maximum absolute atomic E-state index is 11.8. The Hall–Kier alpha value is -4.11. The summed E-state index contributed by atoms with van der Waals surface area (Å²) in [6.45, 7) is 6.59. The van der Waals surface area contributed by atoms with Gasteiger partial charge in [-0.15, -0.1) is 11.3 Å². The lowest BCUT2D eigenvalue weighted by Gasteiger charge is -2.38. The van der Waals surface area contributed by atoms with Gasteiger partial charge in [-0.1, -0.05) is 12.6 Å². The molecule has 184 valence electrons. The first-order valence-corrected chi connectivity index (χ1v) is 12.3. The van der Waals surface area contributed by atoms with Gasteiger partial charge in [-0.3, -0.25) is 4.79 Å². The number of likely N-dealkylation sites (tertiary alicyclic amines) is 1. The van der Waals surface area contributed by atoms with Crippen LogP contribution in [0.3, 0.4) is 0 Å². The summed E-state index contributed by atoms with van der Waals surface area (Å²) in [5.41, 5.74) is 3.75. The molecule has 1 fully saturated rings. The molecule has 0 aliphatic carbocycles. The molecule has 2 aromatic carbocycles. The van der Waals surface area contributed by atoms with Crippen molar-refractivity contribution in [3.63, 3.8) is 0 Å². The summed E-state index contributed by atoms with van der Waals surface area (Å²) in [7, 11) is 3.24. The third kappa shape index (κ3) is 4.45. The number of benzene rings is 2. The summed E-state index contributed by atoms with van der Waals surface area (Å²) < 4.78 is 17.4. The van der Waals surface area contributed by atoms with Crippen molar-refractivity contribution in [2.24, 2.45) is 0 Å². The molecule has 0 bridgehead atoms. The number of nitrogens with one attached hydrogen (secondary N) is 1. The maximum Gasteiger partial charge on any atom is 0.246 e. The highest BCUT2D eigenvalue weighted by atomic mass is 32.1. The van der Waals surface area contributed by atoms with Crippen LogP contribution in [-0.4, -0.2) is 54.2 Å². The van der Waals surface area contributed by atoms with Gasteiger partial charge in [-0.25, -0.2) is 9.97 Å². The molecule has 1 aliphatic heterocycles. The molecular formula is C27H26N4O4S. The first-order chi connectivity index (χ1) is 17.5. The van der Waals surface area contributed by atoms with E-state index in [1.165, 1.54) is 17.3 Å². The van der Waals surface area contributed by atoms with Gasteiger partial charge in [0, 0.05) is 16.3 Å². The average Bonchev–Trinajstić information content (AvgIpc) is 3.40. The van der Waals surface area contributed by atoms with Crippen LogP contribution in [0.2, 0.25) is 0 Å². The number of ether oxygens (including phenoxy) is 3. The molecule has 5 rings (SSSR count). The molecule has 8 nitrogen and oxygen atoms in total. The Morgan fingerprint density at radius 3 is 2.64 bits per heavy atom. The minimum atomic E-state index is -0.133. The third-order valence-corrected chi connectivity index (χ3v) is 7.04. The highest BCUT2D eigenvalue weighted by Crippen LogP contribution is 2.40. The molecule has 3 heterocycles. The van der Waals surface area contributed by atoms with Gasteiger partial charge in [0.1, 0.15) is 24.0 Å². The van der Waals surface area contributed by atoms with E-state index >= 15 is 0 Å². The fourth-order valence-electron chi connectivity index (χ4n) is 4.19. The van der Waals surface area contributed by atoms with Crippen molar-refractivity contribution in [3.8, 4) is 27.7 Å². The standard InChI is InChI=1S/C27H26N4O4S/c1-5-26(32)31-13-17(14-31)35-24-11-19-20(12-23(24)34-4)28-15-29-27(19)30-21-10-18(25-7-6-8-36-25)16(2)9-22(21)33-3/h5-12,15,17H,1,13-14H2,2-4H3,(H,28,29,30). The van der Waals surface area contributed by atoms with E-state index in [2.05, 4.69) is 46.3 Å². The molecule has 1 amide bonds. The Bertz CT molecular complexity index is 1430. The fourth-order valence-corrected chi connectivity index (χ4v) is 5.00. The molecule has 36 heavy (non-hydrogen) atoms. The van der Waals surface area contributed by atoms with Crippen LogP contribution in [0.5, 0.6) is 17.2 Å². The summed E-state index contributed by atoms with van der Waals surface area (Å²) in [5.74, 6) is 2.35. The normalized spacial score (nSPS) is 13.2. The van der Waals surface area contributed by atoms with Crippen LogP contribution in [0, 0.1) is 6.92 Å². The average molecular weight is 503 g/mol. The monoisotopic (exact) mass is 502 g/mol. The van der Waals surface area contributed by atoms with Gasteiger partial charge in [-0.05, 0) is 53.8 Å². The number of carbonyl (C=O) groups excluding carboxylic acids is 1. The summed E-state index contributed by atoms with van der Waals surface area (Å²) in [4.78, 5) is 23.6. The molecule has 2 aromatic heterocycles. The van der Waals surface area contributed by atoms with Crippen LogP contribution in [-0.2, 0) is 4.79 Å². The quantitative estimate of drug-likeness (QED) is 0.331. The van der Waals surface area contributed by atoms with Gasteiger partial charge in [0.15, 0.2) is 11.5 Å². The number of methoxy groups -OCH3 is 2. The van der Waals surface area contributed by atoms with Gasteiger partial charge >= 0.3 is 0 Å². The van der Waals surface area contributed by atoms with Crippen LogP contribution in [0.25, 0.3) is 21.3 Å². The van der Waals surface area contributed by atoms with E-state index in [9.17, 15) is 4.79 Å². The second kappa shape index (κ2) is 9.87. The van der Waals surface area contributed by atoms with E-state index in [-0.39, 0.29) is 12.0 Å². The number of aromatic nitrogens is 2. The van der Waals surface area contributed by atoms with Crippen LogP contribution in [0.15, 0.2) is 60.8 Å². The number of thiophene rings is 1. The Kier molecular flexibility index (Phi) is 6.47. The molecule has 1 N–H and O–H groups in total. The molecule has 1 aliphatic rings. The number of hydrogen-bond acceptors (Lipinski definition) is 8. The molecule has 1 saturated heterocycles. The van der Waals surface area contributed by atoms with E-state index in [0.29, 0.717) is 41.7 Å². The van der Waals surface area contributed by atoms with E-state index in [4.69, 9.17) is 14.2 Å². The zero-order valence-corrected chi connectivity index (χ0v) is 21.1. The van der Waals surface area contributed by atoms with E-state index < -0.39 is 0 Å². The molecule has 9 heteroatoms. The molecule has 4 aromatic rings. The lowest BCUT2D eigenvalue weighted by atomic mass is 10.1. The lowest BCUT2D eigenvalue weighted by molar-refractivity contribution is -0.134. The first kappa shape index (κ1) is 23.6. The van der Waals surface area contributed by atoms with Crippen molar-refractivity contribution >= 4 is 39.7 Å². The number of anilines is 2. The summed E-state index contributed by atoms with van der Waals surface area (Å²) in [5, 5.41) is 6.27. The molecular weight excluding hydrogens is 476 g/mol. The SMILES string of the molecule is C=CC(=O)N1CC(Oc2cc3c(Nc4cc(-c5cccs5)c(C)cc4OC)ncnc3cc2OC)C1. The predicted molar refractivity (Wildman–Crippen MR) is 142 cm³/mol. The zero-order chi connectivity index (χ0) is 25.2. The van der Waals surface area contributed by atoms with Crippen molar-refractivity contribution in [1.29, 1.82) is 0 Å². The molecule has 0 radical (unpaired) electrons. The number of hydrogen-bond donors (Lipinski definition) is 1. The molecule has 0 atom stereocenters. The van der Waals surface area contributed by atoms with Gasteiger partial charge in [0.05, 0.1) is 38.5 Å². The second-order valence-electron chi connectivity index (χ2n) is 8.40. The molecule has 0 spiro atoms. The third-order valence-electron chi connectivity index (χ3n) is 6.13. The Labute approximate surface area is 213 Å². The number of fused-ring (bicyclic) bond motifs is 1. The predicted octanol–water partition coefficient (Wildman–Crippen LogP) is 5.20. The van der Waals surface area contributed by atoms with E-state index in [0.717, 1.165) is 22.2 Å². The zero-order valence-electron chi connectivity index (χ0n) is 20.3. The van der Waals surface area contributed by atoms with Crippen molar-refractivity contribution in [2.45, 2.75) is 13.0 Å². The van der Waals surface area contributed by atoms with Crippen molar-refractivity contribution in [1.82, 2.24) is 14.9 Å². The van der Waals surface area contributed by atoms with Crippen LogP contribution < -0.4 is 19.5 Å². The van der Waals surface area contributed by atoms with Gasteiger partial charge in [0.2, 0.25) is 5.91 Å². The number of rotatable bonds is 8. The Morgan fingerprint density at radius 1 is 1.14 bits per heavy atom. The van der Waals surface area contributed by atoms with Crippen LogP contribution >= 0.6 is 11.3 Å². The first-order valence-electron chi connectivity index (χ1n) is 11.4. The van der Waals surface area contributed by atoms with E-state index in [1.807, 2.05) is 24.3 Å². The fraction of sp³-hybridized carbons (Fsp3) is 0.222.